The summed E-state index contributed by atoms with van der Waals surface area (Å²) in [6.07, 6.45) is 7.70. The molecule has 50 heavy (non-hydrogen) atoms. The lowest BCUT2D eigenvalue weighted by atomic mass is 9.98. The summed E-state index contributed by atoms with van der Waals surface area (Å²) < 4.78 is 11.5. The maximum absolute atomic E-state index is 13.1. The van der Waals surface area contributed by atoms with Gasteiger partial charge in [-0.05, 0) is 120 Å². The van der Waals surface area contributed by atoms with Crippen LogP contribution in [0.15, 0.2) is 53.8 Å². The van der Waals surface area contributed by atoms with Crippen molar-refractivity contribution in [1.29, 1.82) is 0 Å². The molecule has 11 nitrogen and oxygen atoms in total. The molecule has 2 saturated heterocycles. The molecule has 2 saturated carbocycles. The Morgan fingerprint density at radius 3 is 2.10 bits per heavy atom. The van der Waals surface area contributed by atoms with Crippen molar-refractivity contribution >= 4 is 34.6 Å². The summed E-state index contributed by atoms with van der Waals surface area (Å²) in [5.74, 6) is 1.81. The van der Waals surface area contributed by atoms with E-state index < -0.39 is 11.2 Å². The zero-order chi connectivity index (χ0) is 34.7. The fourth-order valence-corrected chi connectivity index (χ4v) is 8.16. The normalized spacial score (nSPS) is 26.4. The van der Waals surface area contributed by atoms with Crippen LogP contribution in [0.3, 0.4) is 0 Å². The molecular weight excluding hydrogens is 630 g/mol. The lowest BCUT2D eigenvalue weighted by Crippen LogP contribution is -2.45. The molecule has 9 rings (SSSR count). The van der Waals surface area contributed by atoms with Gasteiger partial charge in [0.15, 0.2) is 0 Å². The molecule has 11 heteroatoms. The van der Waals surface area contributed by atoms with Crippen LogP contribution < -0.4 is 0 Å². The van der Waals surface area contributed by atoms with Gasteiger partial charge in [-0.2, -0.15) is 0 Å². The molecule has 3 aliphatic heterocycles. The number of hydrogen-bond acceptors (Lipinski definition) is 8. The number of rotatable bonds is 4. The van der Waals surface area contributed by atoms with Crippen molar-refractivity contribution in [1.82, 2.24) is 29.7 Å². The molecule has 5 heterocycles. The Labute approximate surface area is 291 Å². The van der Waals surface area contributed by atoms with Gasteiger partial charge >= 0.3 is 12.2 Å². The first kappa shape index (κ1) is 31.2. The van der Waals surface area contributed by atoms with Crippen molar-refractivity contribution in [2.24, 2.45) is 16.8 Å². The van der Waals surface area contributed by atoms with Gasteiger partial charge in [-0.15, -0.1) is 0 Å². The van der Waals surface area contributed by atoms with E-state index in [1.807, 2.05) is 57.4 Å². The highest BCUT2D eigenvalue weighted by molar-refractivity contribution is 6.00. The number of likely N-dealkylation sites (tertiary alicyclic amines) is 2. The molecule has 5 aliphatic rings. The van der Waals surface area contributed by atoms with Crippen molar-refractivity contribution in [2.75, 3.05) is 0 Å². The Bertz CT molecular complexity index is 2090. The molecule has 2 amide bonds. The first-order chi connectivity index (χ1) is 23.8. The van der Waals surface area contributed by atoms with E-state index in [9.17, 15) is 9.59 Å². The van der Waals surface area contributed by atoms with Crippen molar-refractivity contribution in [2.45, 2.75) is 109 Å². The van der Waals surface area contributed by atoms with E-state index in [1.165, 1.54) is 5.56 Å². The van der Waals surface area contributed by atoms with Crippen molar-refractivity contribution in [3.05, 3.63) is 60.2 Å². The number of aromatic amines is 1. The quantitative estimate of drug-likeness (QED) is 0.234. The van der Waals surface area contributed by atoms with Crippen LogP contribution in [0.4, 0.5) is 15.3 Å². The molecule has 2 aromatic heterocycles. The van der Waals surface area contributed by atoms with Gasteiger partial charge in [-0.3, -0.25) is 19.8 Å². The number of imidazole rings is 1. The largest absolute Gasteiger partial charge is 0.444 e. The van der Waals surface area contributed by atoms with Crippen LogP contribution in [0.25, 0.3) is 33.5 Å². The Morgan fingerprint density at radius 2 is 1.40 bits per heavy atom. The average molecular weight is 674 g/mol. The van der Waals surface area contributed by atoms with Crippen LogP contribution in [-0.2, 0) is 15.9 Å². The summed E-state index contributed by atoms with van der Waals surface area (Å²) in [6.45, 7) is 11.4. The molecular formula is C39H43N7O4. The Balaban J connectivity index is 0.907. The van der Waals surface area contributed by atoms with Crippen molar-refractivity contribution in [3.8, 4) is 22.5 Å². The predicted octanol–water partition coefficient (Wildman–Crippen LogP) is 7.78. The fourth-order valence-electron chi connectivity index (χ4n) is 8.16. The summed E-state index contributed by atoms with van der Waals surface area (Å²) in [7, 11) is 0. The highest BCUT2D eigenvalue weighted by Crippen LogP contribution is 2.53. The summed E-state index contributed by atoms with van der Waals surface area (Å²) in [4.78, 5) is 52.8. The number of fused-ring (bicyclic) bond motifs is 4. The molecule has 258 valence electrons. The van der Waals surface area contributed by atoms with E-state index in [-0.39, 0.29) is 36.4 Å². The number of benzene rings is 2. The second kappa shape index (κ2) is 10.8. The van der Waals surface area contributed by atoms with Crippen molar-refractivity contribution in [3.63, 3.8) is 0 Å². The van der Waals surface area contributed by atoms with E-state index in [0.29, 0.717) is 17.5 Å². The first-order valence-electron chi connectivity index (χ1n) is 17.8. The fraction of sp³-hybridized carbons (Fsp3) is 0.487. The first-order valence-corrected chi connectivity index (χ1v) is 17.8. The van der Waals surface area contributed by atoms with Crippen LogP contribution >= 0.6 is 0 Å². The number of aliphatic imine (C=N–C) groups is 1. The highest BCUT2D eigenvalue weighted by Gasteiger charge is 2.57. The van der Waals surface area contributed by atoms with Gasteiger partial charge < -0.3 is 14.5 Å². The van der Waals surface area contributed by atoms with Crippen LogP contribution in [0.1, 0.15) is 84.7 Å². The van der Waals surface area contributed by atoms with Gasteiger partial charge in [0.1, 0.15) is 22.7 Å². The lowest BCUT2D eigenvalue weighted by Gasteiger charge is -2.30. The number of carbonyl (C=O) groups is 2. The van der Waals surface area contributed by atoms with Gasteiger partial charge in [-0.1, -0.05) is 12.1 Å². The number of H-pyrrole nitrogens is 1. The van der Waals surface area contributed by atoms with Gasteiger partial charge in [0.25, 0.3) is 0 Å². The number of nitrogens with zero attached hydrogens (tertiary/aromatic N) is 6. The monoisotopic (exact) mass is 673 g/mol. The predicted molar refractivity (Wildman–Crippen MR) is 189 cm³/mol. The third kappa shape index (κ3) is 5.60. The van der Waals surface area contributed by atoms with E-state index in [2.05, 4.69) is 40.3 Å². The Hall–Kier alpha value is -4.80. The summed E-state index contributed by atoms with van der Waals surface area (Å²) in [5, 5.41) is 0. The van der Waals surface area contributed by atoms with E-state index >= 15 is 0 Å². The van der Waals surface area contributed by atoms with E-state index in [4.69, 9.17) is 24.4 Å². The maximum Gasteiger partial charge on any atom is 0.411 e. The Morgan fingerprint density at radius 1 is 0.760 bits per heavy atom. The van der Waals surface area contributed by atoms with Crippen LogP contribution in [-0.4, -0.2) is 77.0 Å². The SMILES string of the molecule is CC(C)(C)OC(=O)N1C(C2=Nc3ccc(-c4ccc5nc(-c6cnc([C@@H]7C[C@H]8C[C@H]8N7C(=O)OC(C)(C)C)[nH]6)cnc5c4)cc3C2)C[C@H]2C[C@H]21. The molecule has 1 unspecified atom stereocenters. The van der Waals surface area contributed by atoms with Gasteiger partial charge in [-0.25, -0.2) is 19.6 Å². The topological polar surface area (TPSA) is 126 Å². The second-order valence-corrected chi connectivity index (χ2v) is 16.7. The molecule has 0 spiro atoms. The number of hydrogen-bond donors (Lipinski definition) is 1. The van der Waals surface area contributed by atoms with Gasteiger partial charge in [0.2, 0.25) is 0 Å². The second-order valence-electron chi connectivity index (χ2n) is 16.7. The summed E-state index contributed by atoms with van der Waals surface area (Å²) in [5.41, 5.74) is 7.31. The number of carbonyl (C=O) groups excluding carboxylic acids is 2. The Kier molecular flexibility index (Phi) is 6.77. The number of aromatic nitrogens is 4. The summed E-state index contributed by atoms with van der Waals surface area (Å²) in [6, 6.07) is 12.9. The van der Waals surface area contributed by atoms with Crippen LogP contribution in [0, 0.1) is 11.8 Å². The molecule has 4 fully saturated rings. The molecule has 6 atom stereocenters. The zero-order valence-electron chi connectivity index (χ0n) is 29.4. The minimum absolute atomic E-state index is 0.00627. The minimum atomic E-state index is -0.551. The average Bonchev–Trinajstić information content (AvgIpc) is 3.67. The van der Waals surface area contributed by atoms with Crippen molar-refractivity contribution < 1.29 is 19.1 Å². The van der Waals surface area contributed by atoms with Gasteiger partial charge in [0, 0.05) is 24.2 Å². The van der Waals surface area contributed by atoms with E-state index in [1.54, 1.807) is 12.4 Å². The number of nitrogens with one attached hydrogen (secondary N) is 1. The number of ether oxygens (including phenoxy) is 2. The molecule has 4 aromatic rings. The van der Waals surface area contributed by atoms with E-state index in [0.717, 1.165) is 77.2 Å². The third-order valence-electron chi connectivity index (χ3n) is 10.6. The molecule has 0 bridgehead atoms. The molecule has 2 aliphatic carbocycles. The number of piperidine rings is 2. The minimum Gasteiger partial charge on any atom is -0.444 e. The van der Waals surface area contributed by atoms with Gasteiger partial charge in [0.05, 0.1) is 46.9 Å². The molecule has 0 radical (unpaired) electrons. The lowest BCUT2D eigenvalue weighted by molar-refractivity contribution is 0.0173. The number of amides is 2. The molecule has 1 N–H and O–H groups in total. The smallest absolute Gasteiger partial charge is 0.411 e. The van der Waals surface area contributed by atoms with Crippen LogP contribution in [0.5, 0.6) is 0 Å². The zero-order valence-corrected chi connectivity index (χ0v) is 29.4. The summed E-state index contributed by atoms with van der Waals surface area (Å²) >= 11 is 0. The van der Waals surface area contributed by atoms with Crippen LogP contribution in [0.2, 0.25) is 0 Å². The third-order valence-corrected chi connectivity index (χ3v) is 10.6. The standard InChI is InChI=1S/C39H43N7O4/c1-38(2,3)49-36(47)45-31-14-23(31)16-33(45)28-13-22-11-20(7-9-25(22)42-28)21-8-10-26-27(12-21)40-18-29(43-26)30-19-41-35(44-30)34-17-24-15-32(24)46(34)37(48)50-39(4,5)6/h7-12,18-19,23-24,31-34H,13-17H2,1-6H3,(H,41,44)/t23-,24-,31-,32-,33?,34+/m1/s1. The maximum atomic E-state index is 13.1. The highest BCUT2D eigenvalue weighted by atomic mass is 16.6. The molecule has 2 aromatic carbocycles.